The highest BCUT2D eigenvalue weighted by atomic mass is 16.3. The Morgan fingerprint density at radius 2 is 2.14 bits per heavy atom. The van der Waals surface area contributed by atoms with Gasteiger partial charge in [0.25, 0.3) is 0 Å². The van der Waals surface area contributed by atoms with E-state index in [-0.39, 0.29) is 0 Å². The number of aliphatic hydroxyl groups excluding tert-OH is 1. The van der Waals surface area contributed by atoms with Gasteiger partial charge in [0.05, 0.1) is 0 Å². The first-order valence-corrected chi connectivity index (χ1v) is 1.98. The van der Waals surface area contributed by atoms with Gasteiger partial charge < -0.3 is 5.11 Å². The highest BCUT2D eigenvalue weighted by molar-refractivity contribution is 4.84. The van der Waals surface area contributed by atoms with Crippen molar-refractivity contribution in [2.75, 3.05) is 0 Å². The Kier molecular flexibility index (Phi) is 2.64. The molecule has 40 valence electrons. The fourth-order valence-corrected chi connectivity index (χ4v) is 0.152. The van der Waals surface area contributed by atoms with Gasteiger partial charge in [-0.05, 0) is 6.92 Å². The third kappa shape index (κ3) is 2.37. The van der Waals surface area contributed by atoms with Crippen LogP contribution in [0.3, 0.4) is 0 Å². The van der Waals surface area contributed by atoms with E-state index in [1.165, 1.54) is 6.08 Å². The molecule has 0 aromatic rings. The molecule has 2 heteroatoms. The van der Waals surface area contributed by atoms with Crippen LogP contribution in [0.25, 0.3) is 0 Å². The maximum Gasteiger partial charge on any atom is 0.122 e. The monoisotopic (exact) mass is 100 g/mol. The molecule has 1 N–H and O–H groups in total. The van der Waals surface area contributed by atoms with Crippen molar-refractivity contribution in [3.05, 3.63) is 19.6 Å². The summed E-state index contributed by atoms with van der Waals surface area (Å²) < 4.78 is 0. The molecule has 2 atom stereocenters. The summed E-state index contributed by atoms with van der Waals surface area (Å²) in [6.07, 6.45) is -1.03. The summed E-state index contributed by atoms with van der Waals surface area (Å²) in [5.74, 6) is 0. The van der Waals surface area contributed by atoms with Gasteiger partial charge in [-0.2, -0.15) is 0 Å². The van der Waals surface area contributed by atoms with Crippen molar-refractivity contribution in [3.8, 4) is 0 Å². The summed E-state index contributed by atoms with van der Waals surface area (Å²) in [5, 5.41) is 18.5. The van der Waals surface area contributed by atoms with Crippen LogP contribution >= 0.6 is 0 Å². The molecule has 0 aliphatic rings. The van der Waals surface area contributed by atoms with Gasteiger partial charge in [0.15, 0.2) is 0 Å². The number of hydrogen-bond donors (Lipinski definition) is 1. The fourth-order valence-electron chi connectivity index (χ4n) is 0.152. The molecule has 2 radical (unpaired) electrons. The summed E-state index contributed by atoms with van der Waals surface area (Å²) in [5.41, 5.74) is 0. The Morgan fingerprint density at radius 3 is 2.14 bits per heavy atom. The quantitative estimate of drug-likeness (QED) is 0.493. The van der Waals surface area contributed by atoms with Crippen molar-refractivity contribution < 1.29 is 10.2 Å². The highest BCUT2D eigenvalue weighted by Gasteiger charge is 2.05. The molecular weight excluding hydrogens is 92.1 g/mol. The van der Waals surface area contributed by atoms with Gasteiger partial charge in [0.2, 0.25) is 0 Å². The average molecular weight is 100 g/mol. The molecule has 0 spiro atoms. The summed E-state index contributed by atoms with van der Waals surface area (Å²) >= 11 is 0. The van der Waals surface area contributed by atoms with E-state index < -0.39 is 12.2 Å². The minimum atomic E-state index is -1.20. The van der Waals surface area contributed by atoms with E-state index in [9.17, 15) is 5.11 Å². The van der Waals surface area contributed by atoms with Crippen LogP contribution in [-0.2, 0) is 5.11 Å². The van der Waals surface area contributed by atoms with E-state index >= 15 is 0 Å². The predicted octanol–water partition coefficient (Wildman–Crippen LogP) is 0.166. The van der Waals surface area contributed by atoms with Crippen LogP contribution in [0, 0.1) is 6.92 Å². The molecule has 0 saturated heterocycles. The molecule has 0 saturated carbocycles. The maximum absolute atomic E-state index is 10.0. The van der Waals surface area contributed by atoms with Gasteiger partial charge in [-0.1, -0.05) is 6.08 Å². The van der Waals surface area contributed by atoms with Crippen molar-refractivity contribution in [2.45, 2.75) is 12.2 Å². The van der Waals surface area contributed by atoms with Crippen LogP contribution < -0.4 is 0 Å². The molecule has 0 amide bonds. The Hall–Kier alpha value is -0.340. The van der Waals surface area contributed by atoms with Gasteiger partial charge in [-0.25, -0.2) is 5.11 Å². The van der Waals surface area contributed by atoms with Crippen LogP contribution in [0.2, 0.25) is 0 Å². The summed E-state index contributed by atoms with van der Waals surface area (Å²) in [4.78, 5) is 0. The van der Waals surface area contributed by atoms with Gasteiger partial charge in [-0.15, -0.1) is 6.58 Å². The molecule has 0 aromatic heterocycles. The van der Waals surface area contributed by atoms with Gasteiger partial charge in [0.1, 0.15) is 12.2 Å². The zero-order valence-electron chi connectivity index (χ0n) is 4.00. The predicted molar refractivity (Wildman–Crippen MR) is 26.0 cm³/mol. The van der Waals surface area contributed by atoms with Gasteiger partial charge in [-0.3, -0.25) is 0 Å². The van der Waals surface area contributed by atoms with Crippen LogP contribution in [0.15, 0.2) is 12.7 Å². The van der Waals surface area contributed by atoms with Crippen molar-refractivity contribution in [1.82, 2.24) is 0 Å². The first-order valence-electron chi connectivity index (χ1n) is 1.98. The van der Waals surface area contributed by atoms with Gasteiger partial charge >= 0.3 is 0 Å². The van der Waals surface area contributed by atoms with Crippen molar-refractivity contribution >= 4 is 0 Å². The average Bonchev–Trinajstić information content (AvgIpc) is 1.65. The molecule has 7 heavy (non-hydrogen) atoms. The Bertz CT molecular complexity index is 59.1. The molecule has 0 fully saturated rings. The minimum Gasteiger partial charge on any atom is -0.386 e. The Morgan fingerprint density at radius 1 is 1.71 bits per heavy atom. The van der Waals surface area contributed by atoms with E-state index in [0.717, 1.165) is 0 Å². The maximum atomic E-state index is 10.0. The van der Waals surface area contributed by atoms with E-state index in [0.29, 0.717) is 0 Å². The SMILES string of the molecule is [CH2]C([O])C(O)C=C. The zero-order chi connectivity index (χ0) is 5.86. The largest absolute Gasteiger partial charge is 0.386 e. The van der Waals surface area contributed by atoms with Crippen LogP contribution in [0.4, 0.5) is 0 Å². The molecular formula is C5H8O2. The second kappa shape index (κ2) is 2.77. The lowest BCUT2D eigenvalue weighted by atomic mass is 10.2. The lowest BCUT2D eigenvalue weighted by Crippen LogP contribution is -2.17. The number of aliphatic hydroxyl groups is 1. The van der Waals surface area contributed by atoms with Gasteiger partial charge in [0, 0.05) is 0 Å². The molecule has 0 aromatic carbocycles. The topological polar surface area (TPSA) is 40.1 Å². The van der Waals surface area contributed by atoms with Crippen molar-refractivity contribution in [1.29, 1.82) is 0 Å². The fraction of sp³-hybridized carbons (Fsp3) is 0.400. The number of hydrogen-bond acceptors (Lipinski definition) is 1. The summed E-state index contributed by atoms with van der Waals surface area (Å²) in [7, 11) is 0. The van der Waals surface area contributed by atoms with E-state index in [2.05, 4.69) is 13.5 Å². The third-order valence-corrected chi connectivity index (χ3v) is 0.622. The highest BCUT2D eigenvalue weighted by Crippen LogP contribution is 1.90. The summed E-state index contributed by atoms with van der Waals surface area (Å²) in [6.45, 7) is 6.22. The standard InChI is InChI=1S/C5H8O2/c1-3-5(7)4(2)6/h3-5,7H,1-2H2. The van der Waals surface area contributed by atoms with E-state index in [1.807, 2.05) is 0 Å². The number of rotatable bonds is 2. The van der Waals surface area contributed by atoms with E-state index in [4.69, 9.17) is 5.11 Å². The molecule has 0 bridgehead atoms. The second-order valence-corrected chi connectivity index (χ2v) is 1.26. The van der Waals surface area contributed by atoms with Crippen LogP contribution in [0.5, 0.6) is 0 Å². The lowest BCUT2D eigenvalue weighted by molar-refractivity contribution is 0.0288. The lowest BCUT2D eigenvalue weighted by Gasteiger charge is -2.02. The molecule has 0 aliphatic carbocycles. The van der Waals surface area contributed by atoms with E-state index in [1.54, 1.807) is 0 Å². The zero-order valence-corrected chi connectivity index (χ0v) is 4.00. The van der Waals surface area contributed by atoms with Crippen LogP contribution in [-0.4, -0.2) is 17.3 Å². The summed E-state index contributed by atoms with van der Waals surface area (Å²) in [6, 6.07) is 0. The smallest absolute Gasteiger partial charge is 0.122 e. The first-order chi connectivity index (χ1) is 3.18. The van der Waals surface area contributed by atoms with Crippen molar-refractivity contribution in [2.24, 2.45) is 0 Å². The molecule has 2 unspecified atom stereocenters. The molecule has 0 aliphatic heterocycles. The minimum absolute atomic E-state index is 1.00. The second-order valence-electron chi connectivity index (χ2n) is 1.26. The molecule has 0 rings (SSSR count). The molecule has 0 heterocycles. The third-order valence-electron chi connectivity index (χ3n) is 0.622. The first kappa shape index (κ1) is 6.66. The van der Waals surface area contributed by atoms with Crippen molar-refractivity contribution in [3.63, 3.8) is 0 Å². The normalized spacial score (nSPS) is 18.1. The Labute approximate surface area is 43.1 Å². The van der Waals surface area contributed by atoms with Crippen LogP contribution in [0.1, 0.15) is 0 Å². The Balaban J connectivity index is 3.33. The molecule has 2 nitrogen and oxygen atoms in total.